The Kier molecular flexibility index (Phi) is 7.75. The van der Waals surface area contributed by atoms with Crippen LogP contribution in [0, 0.1) is 5.92 Å². The number of ether oxygens (including phenoxy) is 1. The van der Waals surface area contributed by atoms with Crippen LogP contribution in [0.2, 0.25) is 0 Å². The zero-order valence-electron chi connectivity index (χ0n) is 11.6. The molecule has 0 radical (unpaired) electrons. The summed E-state index contributed by atoms with van der Waals surface area (Å²) >= 11 is 3.38. The zero-order valence-corrected chi connectivity index (χ0v) is 13.2. The van der Waals surface area contributed by atoms with Crippen LogP contribution in [-0.2, 0) is 10.1 Å². The second-order valence-electron chi connectivity index (χ2n) is 4.88. The Labute approximate surface area is 123 Å². The lowest BCUT2D eigenvalue weighted by Crippen LogP contribution is -2.27. The van der Waals surface area contributed by atoms with Crippen molar-refractivity contribution in [2.24, 2.45) is 5.92 Å². The number of alkyl halides is 1. The van der Waals surface area contributed by atoms with E-state index in [4.69, 9.17) is 4.74 Å². The molecule has 0 aliphatic heterocycles. The first-order valence-electron chi connectivity index (χ1n) is 6.64. The molecule has 1 aromatic carbocycles. The number of carbonyl (C=O) groups is 1. The van der Waals surface area contributed by atoms with Crippen molar-refractivity contribution < 1.29 is 9.53 Å². The van der Waals surface area contributed by atoms with Crippen molar-refractivity contribution in [2.75, 3.05) is 19.8 Å². The monoisotopic (exact) mass is 327 g/mol. The SMILES string of the molecule is CC(C)CCOCCNC(=O)c1ccc(CBr)cc1. The van der Waals surface area contributed by atoms with Gasteiger partial charge in [-0.2, -0.15) is 0 Å². The van der Waals surface area contributed by atoms with E-state index >= 15 is 0 Å². The Hall–Kier alpha value is -0.870. The van der Waals surface area contributed by atoms with Crippen LogP contribution in [0.1, 0.15) is 36.2 Å². The van der Waals surface area contributed by atoms with Gasteiger partial charge in [0.1, 0.15) is 0 Å². The zero-order chi connectivity index (χ0) is 14.1. The maximum absolute atomic E-state index is 11.8. The van der Waals surface area contributed by atoms with Gasteiger partial charge in [-0.1, -0.05) is 41.9 Å². The lowest BCUT2D eigenvalue weighted by molar-refractivity contribution is 0.0906. The lowest BCUT2D eigenvalue weighted by Gasteiger charge is -2.08. The van der Waals surface area contributed by atoms with Crippen molar-refractivity contribution >= 4 is 21.8 Å². The summed E-state index contributed by atoms with van der Waals surface area (Å²) in [5.41, 5.74) is 1.85. The number of hydrogen-bond donors (Lipinski definition) is 1. The van der Waals surface area contributed by atoms with Crippen LogP contribution in [0.4, 0.5) is 0 Å². The van der Waals surface area contributed by atoms with Crippen LogP contribution < -0.4 is 5.32 Å². The molecular weight excluding hydrogens is 306 g/mol. The van der Waals surface area contributed by atoms with Crippen molar-refractivity contribution in [3.63, 3.8) is 0 Å². The summed E-state index contributed by atoms with van der Waals surface area (Å²) in [7, 11) is 0. The van der Waals surface area contributed by atoms with Crippen LogP contribution in [-0.4, -0.2) is 25.7 Å². The highest BCUT2D eigenvalue weighted by Crippen LogP contribution is 2.07. The third kappa shape index (κ3) is 6.73. The van der Waals surface area contributed by atoms with Crippen molar-refractivity contribution in [3.8, 4) is 0 Å². The van der Waals surface area contributed by atoms with E-state index in [1.807, 2.05) is 24.3 Å². The Bertz CT molecular complexity index is 376. The van der Waals surface area contributed by atoms with Gasteiger partial charge in [0.25, 0.3) is 5.91 Å². The van der Waals surface area contributed by atoms with Crippen LogP contribution in [0.25, 0.3) is 0 Å². The summed E-state index contributed by atoms with van der Waals surface area (Å²) in [6.45, 7) is 6.21. The second-order valence-corrected chi connectivity index (χ2v) is 5.44. The number of nitrogens with one attached hydrogen (secondary N) is 1. The molecule has 106 valence electrons. The van der Waals surface area contributed by atoms with Gasteiger partial charge in [-0.05, 0) is 30.0 Å². The quantitative estimate of drug-likeness (QED) is 0.587. The van der Waals surface area contributed by atoms with Crippen LogP contribution >= 0.6 is 15.9 Å². The summed E-state index contributed by atoms with van der Waals surface area (Å²) < 4.78 is 5.45. The number of rotatable bonds is 8. The third-order valence-electron chi connectivity index (χ3n) is 2.74. The third-order valence-corrected chi connectivity index (χ3v) is 3.39. The molecule has 0 unspecified atom stereocenters. The lowest BCUT2D eigenvalue weighted by atomic mass is 10.1. The minimum atomic E-state index is -0.0476. The van der Waals surface area contributed by atoms with Gasteiger partial charge in [-0.15, -0.1) is 0 Å². The van der Waals surface area contributed by atoms with Gasteiger partial charge in [-0.3, -0.25) is 4.79 Å². The number of carbonyl (C=O) groups excluding carboxylic acids is 1. The van der Waals surface area contributed by atoms with Crippen LogP contribution in [0.3, 0.4) is 0 Å². The second kappa shape index (κ2) is 9.10. The fourth-order valence-corrected chi connectivity index (χ4v) is 1.88. The Morgan fingerprint density at radius 3 is 2.53 bits per heavy atom. The van der Waals surface area contributed by atoms with Gasteiger partial charge in [0.05, 0.1) is 6.61 Å². The molecule has 1 rings (SSSR count). The Morgan fingerprint density at radius 2 is 1.95 bits per heavy atom. The molecule has 0 atom stereocenters. The van der Waals surface area contributed by atoms with Crippen LogP contribution in [0.15, 0.2) is 24.3 Å². The average molecular weight is 328 g/mol. The smallest absolute Gasteiger partial charge is 0.251 e. The molecule has 1 aromatic rings. The van der Waals surface area contributed by atoms with E-state index in [0.717, 1.165) is 23.9 Å². The van der Waals surface area contributed by atoms with Crippen molar-refractivity contribution in [1.82, 2.24) is 5.32 Å². The van der Waals surface area contributed by atoms with E-state index in [1.54, 1.807) is 0 Å². The fourth-order valence-electron chi connectivity index (χ4n) is 1.51. The van der Waals surface area contributed by atoms with Crippen molar-refractivity contribution in [3.05, 3.63) is 35.4 Å². The molecule has 0 saturated heterocycles. The highest BCUT2D eigenvalue weighted by atomic mass is 79.9. The molecule has 0 spiro atoms. The standard InChI is InChI=1S/C15H22BrNO2/c1-12(2)7-9-19-10-8-17-15(18)14-5-3-13(11-16)4-6-14/h3-6,12H,7-11H2,1-2H3,(H,17,18). The predicted octanol–water partition coefficient (Wildman–Crippen LogP) is 3.37. The van der Waals surface area contributed by atoms with E-state index in [0.29, 0.717) is 24.6 Å². The first-order chi connectivity index (χ1) is 9.13. The van der Waals surface area contributed by atoms with E-state index in [2.05, 4.69) is 35.1 Å². The molecule has 1 N–H and O–H groups in total. The Balaban J connectivity index is 2.20. The minimum absolute atomic E-state index is 0.0476. The maximum Gasteiger partial charge on any atom is 0.251 e. The topological polar surface area (TPSA) is 38.3 Å². The molecule has 4 heteroatoms. The molecule has 0 bridgehead atoms. The molecule has 3 nitrogen and oxygen atoms in total. The summed E-state index contributed by atoms with van der Waals surface area (Å²) in [4.78, 5) is 11.8. The van der Waals surface area contributed by atoms with E-state index < -0.39 is 0 Å². The van der Waals surface area contributed by atoms with Gasteiger partial charge >= 0.3 is 0 Å². The minimum Gasteiger partial charge on any atom is -0.380 e. The van der Waals surface area contributed by atoms with E-state index in [-0.39, 0.29) is 5.91 Å². The molecule has 0 heterocycles. The highest BCUT2D eigenvalue weighted by molar-refractivity contribution is 9.08. The molecular formula is C15H22BrNO2. The molecule has 0 saturated carbocycles. The number of hydrogen-bond acceptors (Lipinski definition) is 2. The summed E-state index contributed by atoms with van der Waals surface area (Å²) in [6.07, 6.45) is 1.06. The first kappa shape index (κ1) is 16.2. The fraction of sp³-hybridized carbons (Fsp3) is 0.533. The number of amides is 1. The highest BCUT2D eigenvalue weighted by Gasteiger charge is 2.04. The molecule has 0 fully saturated rings. The van der Waals surface area contributed by atoms with Gasteiger partial charge < -0.3 is 10.1 Å². The summed E-state index contributed by atoms with van der Waals surface area (Å²) in [6, 6.07) is 7.57. The maximum atomic E-state index is 11.8. The van der Waals surface area contributed by atoms with Crippen molar-refractivity contribution in [2.45, 2.75) is 25.6 Å². The number of benzene rings is 1. The molecule has 0 aromatic heterocycles. The number of halogens is 1. The average Bonchev–Trinajstić information content (AvgIpc) is 2.42. The van der Waals surface area contributed by atoms with E-state index in [9.17, 15) is 4.79 Å². The van der Waals surface area contributed by atoms with Gasteiger partial charge in [0.2, 0.25) is 0 Å². The van der Waals surface area contributed by atoms with Gasteiger partial charge in [-0.25, -0.2) is 0 Å². The normalized spacial score (nSPS) is 10.7. The summed E-state index contributed by atoms with van der Waals surface area (Å²) in [5.74, 6) is 0.608. The molecule has 19 heavy (non-hydrogen) atoms. The molecule has 0 aliphatic carbocycles. The van der Waals surface area contributed by atoms with Gasteiger partial charge in [0.15, 0.2) is 0 Å². The predicted molar refractivity (Wildman–Crippen MR) is 81.7 cm³/mol. The van der Waals surface area contributed by atoms with Crippen molar-refractivity contribution in [1.29, 1.82) is 0 Å². The van der Waals surface area contributed by atoms with Gasteiger partial charge in [0, 0.05) is 24.0 Å². The first-order valence-corrected chi connectivity index (χ1v) is 7.76. The summed E-state index contributed by atoms with van der Waals surface area (Å²) in [5, 5.41) is 3.65. The van der Waals surface area contributed by atoms with E-state index in [1.165, 1.54) is 0 Å². The molecule has 1 amide bonds. The largest absolute Gasteiger partial charge is 0.380 e. The Morgan fingerprint density at radius 1 is 1.26 bits per heavy atom. The molecule has 0 aliphatic rings. The van der Waals surface area contributed by atoms with Crippen LogP contribution in [0.5, 0.6) is 0 Å².